The molecule has 1 nitrogen and oxygen atoms in total. The van der Waals surface area contributed by atoms with Crippen molar-refractivity contribution in [2.24, 2.45) is 17.3 Å². The molecular formula is C11H18O. The van der Waals surface area contributed by atoms with E-state index >= 15 is 0 Å². The lowest BCUT2D eigenvalue weighted by molar-refractivity contribution is 0.0485. The largest absolute Gasteiger partial charge is 0.393 e. The number of aliphatic hydroxyl groups is 1. The van der Waals surface area contributed by atoms with Crippen molar-refractivity contribution in [1.29, 1.82) is 0 Å². The van der Waals surface area contributed by atoms with Crippen LogP contribution in [0.25, 0.3) is 0 Å². The average Bonchev–Trinajstić information content (AvgIpc) is 2.62. The molecule has 0 aromatic heterocycles. The molecule has 0 amide bonds. The van der Waals surface area contributed by atoms with Gasteiger partial charge in [0.05, 0.1) is 6.10 Å². The van der Waals surface area contributed by atoms with Crippen molar-refractivity contribution in [2.45, 2.75) is 39.2 Å². The highest BCUT2D eigenvalue weighted by molar-refractivity contribution is 5.13. The summed E-state index contributed by atoms with van der Waals surface area (Å²) in [6.07, 6.45) is 3.38. The molecule has 0 aromatic carbocycles. The van der Waals surface area contributed by atoms with Crippen molar-refractivity contribution < 1.29 is 5.11 Å². The topological polar surface area (TPSA) is 20.2 Å². The molecule has 0 bridgehead atoms. The summed E-state index contributed by atoms with van der Waals surface area (Å²) in [4.78, 5) is 0. The lowest BCUT2D eigenvalue weighted by Crippen LogP contribution is -2.29. The van der Waals surface area contributed by atoms with Crippen molar-refractivity contribution in [3.05, 3.63) is 12.2 Å². The van der Waals surface area contributed by atoms with Gasteiger partial charge in [-0.05, 0) is 43.4 Å². The highest BCUT2D eigenvalue weighted by Gasteiger charge is 2.58. The SMILES string of the molecule is C=C(C)[C@H]1C[C@H]2C[C@]2(C)[C@@H](O)C1. The molecule has 1 heteroatoms. The number of fused-ring (bicyclic) bond motifs is 1. The molecule has 0 saturated heterocycles. The van der Waals surface area contributed by atoms with Gasteiger partial charge in [0.1, 0.15) is 0 Å². The zero-order valence-corrected chi connectivity index (χ0v) is 8.01. The van der Waals surface area contributed by atoms with Crippen LogP contribution in [0, 0.1) is 17.3 Å². The Morgan fingerprint density at radius 2 is 2.17 bits per heavy atom. The molecule has 2 fully saturated rings. The van der Waals surface area contributed by atoms with Gasteiger partial charge in [-0.2, -0.15) is 0 Å². The number of hydrogen-bond acceptors (Lipinski definition) is 1. The minimum atomic E-state index is -0.0713. The van der Waals surface area contributed by atoms with Gasteiger partial charge in [-0.15, -0.1) is 0 Å². The molecule has 68 valence electrons. The number of allylic oxidation sites excluding steroid dienone is 1. The standard InChI is InChI=1S/C11H18O/c1-7(2)8-4-9-6-11(9,3)10(12)5-8/h8-10,12H,1,4-6H2,2-3H3/t8-,9-,10-,11-/m0/s1. The van der Waals surface area contributed by atoms with Gasteiger partial charge >= 0.3 is 0 Å². The lowest BCUT2D eigenvalue weighted by Gasteiger charge is -2.31. The Labute approximate surface area is 74.5 Å². The molecule has 0 aliphatic heterocycles. The Kier molecular flexibility index (Phi) is 1.63. The summed E-state index contributed by atoms with van der Waals surface area (Å²) in [7, 11) is 0. The van der Waals surface area contributed by atoms with Gasteiger partial charge in [0.15, 0.2) is 0 Å². The van der Waals surface area contributed by atoms with Crippen LogP contribution < -0.4 is 0 Å². The first-order valence-electron chi connectivity index (χ1n) is 4.87. The molecule has 2 saturated carbocycles. The van der Waals surface area contributed by atoms with Gasteiger partial charge in [0, 0.05) is 0 Å². The third-order valence-electron chi connectivity index (χ3n) is 3.99. The van der Waals surface area contributed by atoms with Crippen LogP contribution in [-0.2, 0) is 0 Å². The van der Waals surface area contributed by atoms with Gasteiger partial charge < -0.3 is 5.11 Å². The Morgan fingerprint density at radius 1 is 1.50 bits per heavy atom. The molecule has 2 rings (SSSR count). The summed E-state index contributed by atoms with van der Waals surface area (Å²) in [5.41, 5.74) is 1.54. The van der Waals surface area contributed by atoms with Crippen LogP contribution in [0.3, 0.4) is 0 Å². The first-order chi connectivity index (χ1) is 5.54. The van der Waals surface area contributed by atoms with Crippen LogP contribution in [0.1, 0.15) is 33.1 Å². The minimum Gasteiger partial charge on any atom is -0.393 e. The molecular weight excluding hydrogens is 148 g/mol. The maximum absolute atomic E-state index is 9.86. The molecule has 0 aromatic rings. The van der Waals surface area contributed by atoms with E-state index in [2.05, 4.69) is 20.4 Å². The second kappa shape index (κ2) is 2.35. The van der Waals surface area contributed by atoms with E-state index in [1.807, 2.05) is 0 Å². The monoisotopic (exact) mass is 166 g/mol. The molecule has 0 heterocycles. The smallest absolute Gasteiger partial charge is 0.0602 e. The molecule has 4 atom stereocenters. The fourth-order valence-corrected chi connectivity index (χ4v) is 2.61. The van der Waals surface area contributed by atoms with Crippen molar-refractivity contribution >= 4 is 0 Å². The Hall–Kier alpha value is -0.300. The zero-order valence-electron chi connectivity index (χ0n) is 8.01. The number of aliphatic hydroxyl groups excluding tert-OH is 1. The lowest BCUT2D eigenvalue weighted by atomic mass is 9.78. The average molecular weight is 166 g/mol. The maximum atomic E-state index is 9.86. The highest BCUT2D eigenvalue weighted by atomic mass is 16.3. The van der Waals surface area contributed by atoms with Crippen LogP contribution >= 0.6 is 0 Å². The predicted octanol–water partition coefficient (Wildman–Crippen LogP) is 2.36. The zero-order chi connectivity index (χ0) is 8.93. The molecule has 0 unspecified atom stereocenters. The normalized spacial score (nSPS) is 51.4. The third kappa shape index (κ3) is 1.03. The Balaban J connectivity index is 2.06. The number of hydrogen-bond donors (Lipinski definition) is 1. The molecule has 2 aliphatic carbocycles. The van der Waals surface area contributed by atoms with Crippen LogP contribution in [0.5, 0.6) is 0 Å². The summed E-state index contributed by atoms with van der Waals surface area (Å²) in [5.74, 6) is 1.36. The third-order valence-corrected chi connectivity index (χ3v) is 3.99. The van der Waals surface area contributed by atoms with E-state index in [9.17, 15) is 5.11 Å². The Morgan fingerprint density at radius 3 is 2.67 bits per heavy atom. The van der Waals surface area contributed by atoms with E-state index in [1.54, 1.807) is 0 Å². The van der Waals surface area contributed by atoms with Crippen molar-refractivity contribution in [1.82, 2.24) is 0 Å². The molecule has 0 radical (unpaired) electrons. The first-order valence-corrected chi connectivity index (χ1v) is 4.87. The first kappa shape index (κ1) is 8.31. The van der Waals surface area contributed by atoms with Gasteiger partial charge in [0.25, 0.3) is 0 Å². The Bertz CT molecular complexity index is 221. The molecule has 12 heavy (non-hydrogen) atoms. The van der Waals surface area contributed by atoms with Crippen LogP contribution in [0.2, 0.25) is 0 Å². The van der Waals surface area contributed by atoms with E-state index < -0.39 is 0 Å². The second-order valence-electron chi connectivity index (χ2n) is 4.94. The second-order valence-corrected chi connectivity index (χ2v) is 4.94. The quantitative estimate of drug-likeness (QED) is 0.593. The molecule has 2 aliphatic rings. The summed E-state index contributed by atoms with van der Waals surface area (Å²) < 4.78 is 0. The molecule has 1 N–H and O–H groups in total. The van der Waals surface area contributed by atoms with E-state index in [-0.39, 0.29) is 11.5 Å². The summed E-state index contributed by atoms with van der Waals surface area (Å²) >= 11 is 0. The van der Waals surface area contributed by atoms with Gasteiger partial charge in [0.2, 0.25) is 0 Å². The maximum Gasteiger partial charge on any atom is 0.0602 e. The van der Waals surface area contributed by atoms with Crippen LogP contribution in [0.4, 0.5) is 0 Å². The van der Waals surface area contributed by atoms with Crippen molar-refractivity contribution in [2.75, 3.05) is 0 Å². The van der Waals surface area contributed by atoms with Crippen molar-refractivity contribution in [3.63, 3.8) is 0 Å². The minimum absolute atomic E-state index is 0.0713. The van der Waals surface area contributed by atoms with Gasteiger partial charge in [-0.3, -0.25) is 0 Å². The predicted molar refractivity (Wildman–Crippen MR) is 49.8 cm³/mol. The number of rotatable bonds is 1. The van der Waals surface area contributed by atoms with E-state index in [1.165, 1.54) is 18.4 Å². The van der Waals surface area contributed by atoms with Crippen LogP contribution in [0.15, 0.2) is 12.2 Å². The van der Waals surface area contributed by atoms with E-state index in [0.717, 1.165) is 12.3 Å². The van der Waals surface area contributed by atoms with Gasteiger partial charge in [-0.25, -0.2) is 0 Å². The summed E-state index contributed by atoms with van der Waals surface area (Å²) in [6, 6.07) is 0. The summed E-state index contributed by atoms with van der Waals surface area (Å²) in [5, 5.41) is 9.86. The fraction of sp³-hybridized carbons (Fsp3) is 0.818. The van der Waals surface area contributed by atoms with E-state index in [0.29, 0.717) is 5.92 Å². The highest BCUT2D eigenvalue weighted by Crippen LogP contribution is 2.62. The summed E-state index contributed by atoms with van der Waals surface area (Å²) in [6.45, 7) is 8.28. The van der Waals surface area contributed by atoms with E-state index in [4.69, 9.17) is 0 Å². The fourth-order valence-electron chi connectivity index (χ4n) is 2.61. The van der Waals surface area contributed by atoms with Crippen molar-refractivity contribution in [3.8, 4) is 0 Å². The molecule has 0 spiro atoms. The van der Waals surface area contributed by atoms with Crippen LogP contribution in [-0.4, -0.2) is 11.2 Å². The van der Waals surface area contributed by atoms with Gasteiger partial charge in [-0.1, -0.05) is 19.1 Å².